The van der Waals surface area contributed by atoms with Gasteiger partial charge in [-0.15, -0.1) is 11.3 Å². The second kappa shape index (κ2) is 12.7. The second-order valence-corrected chi connectivity index (χ2v) is 18.5. The van der Waals surface area contributed by atoms with Crippen LogP contribution in [-0.4, -0.2) is 9.38 Å². The fourth-order valence-corrected chi connectivity index (χ4v) is 12.3. The van der Waals surface area contributed by atoms with Gasteiger partial charge in [-0.3, -0.25) is 0 Å². The number of oxazole rings is 1. The zero-order valence-corrected chi connectivity index (χ0v) is 35.4. The van der Waals surface area contributed by atoms with E-state index in [4.69, 9.17) is 4.42 Å². The molecule has 63 heavy (non-hydrogen) atoms. The lowest BCUT2D eigenvalue weighted by atomic mass is 9.82. The molecule has 1 aliphatic carbocycles. The third-order valence-electron chi connectivity index (χ3n) is 13.9. The van der Waals surface area contributed by atoms with Crippen LogP contribution in [0.3, 0.4) is 0 Å². The first-order chi connectivity index (χ1) is 31.0. The van der Waals surface area contributed by atoms with Crippen molar-refractivity contribution in [3.05, 3.63) is 200 Å². The van der Waals surface area contributed by atoms with Crippen LogP contribution in [0.2, 0.25) is 0 Å². The molecular formula is C58H37N3OS. The Kier molecular flexibility index (Phi) is 7.02. The van der Waals surface area contributed by atoms with Gasteiger partial charge in [0.15, 0.2) is 12.0 Å². The van der Waals surface area contributed by atoms with Crippen molar-refractivity contribution in [2.24, 2.45) is 0 Å². The van der Waals surface area contributed by atoms with E-state index >= 15 is 0 Å². The number of rotatable bonds is 5. The summed E-state index contributed by atoms with van der Waals surface area (Å²) >= 11 is 1.90. The first-order valence-electron chi connectivity index (χ1n) is 21.6. The Morgan fingerprint density at radius 1 is 0.492 bits per heavy atom. The van der Waals surface area contributed by atoms with E-state index in [2.05, 4.69) is 210 Å². The van der Waals surface area contributed by atoms with Crippen molar-refractivity contribution in [1.29, 1.82) is 0 Å². The van der Waals surface area contributed by atoms with Gasteiger partial charge >= 0.3 is 0 Å². The minimum atomic E-state index is -0.137. The first kappa shape index (κ1) is 34.9. The van der Waals surface area contributed by atoms with Gasteiger partial charge in [-0.1, -0.05) is 141 Å². The zero-order chi connectivity index (χ0) is 41.6. The van der Waals surface area contributed by atoms with Crippen molar-refractivity contribution >= 4 is 97.8 Å². The highest BCUT2D eigenvalue weighted by Gasteiger charge is 2.36. The molecule has 0 amide bonds. The van der Waals surface area contributed by atoms with E-state index in [1.54, 1.807) is 6.39 Å². The van der Waals surface area contributed by atoms with Crippen LogP contribution in [0, 0.1) is 0 Å². The Morgan fingerprint density at radius 3 is 1.92 bits per heavy atom. The van der Waals surface area contributed by atoms with Crippen molar-refractivity contribution < 1.29 is 4.42 Å². The lowest BCUT2D eigenvalue weighted by Crippen LogP contribution is -2.16. The molecule has 1 aliphatic rings. The number of para-hydroxylation sites is 1. The molecule has 0 spiro atoms. The van der Waals surface area contributed by atoms with Crippen LogP contribution >= 0.6 is 11.3 Å². The average molecular weight is 824 g/mol. The van der Waals surface area contributed by atoms with Crippen LogP contribution in [0.15, 0.2) is 193 Å². The van der Waals surface area contributed by atoms with Gasteiger partial charge in [-0.25, -0.2) is 4.98 Å². The van der Waals surface area contributed by atoms with Gasteiger partial charge < -0.3 is 13.7 Å². The van der Waals surface area contributed by atoms with Gasteiger partial charge in [0.1, 0.15) is 5.52 Å². The normalized spacial score (nSPS) is 13.4. The van der Waals surface area contributed by atoms with E-state index in [0.29, 0.717) is 0 Å². The predicted octanol–water partition coefficient (Wildman–Crippen LogP) is 16.5. The smallest absolute Gasteiger partial charge is 0.182 e. The van der Waals surface area contributed by atoms with Gasteiger partial charge in [0.25, 0.3) is 0 Å². The highest BCUT2D eigenvalue weighted by atomic mass is 32.1. The maximum Gasteiger partial charge on any atom is 0.182 e. The fraction of sp³-hybridized carbons (Fsp3) is 0.0517. The summed E-state index contributed by atoms with van der Waals surface area (Å²) in [6.07, 6.45) is 1.57. The van der Waals surface area contributed by atoms with Crippen LogP contribution in [0.1, 0.15) is 25.0 Å². The largest absolute Gasteiger partial charge is 0.443 e. The van der Waals surface area contributed by atoms with Gasteiger partial charge in [0.2, 0.25) is 0 Å². The summed E-state index contributed by atoms with van der Waals surface area (Å²) in [4.78, 5) is 7.11. The first-order valence-corrected chi connectivity index (χ1v) is 22.4. The van der Waals surface area contributed by atoms with E-state index in [-0.39, 0.29) is 5.41 Å². The lowest BCUT2D eigenvalue weighted by Gasteiger charge is -2.28. The molecule has 0 saturated carbocycles. The van der Waals surface area contributed by atoms with Gasteiger partial charge in [-0.2, -0.15) is 0 Å². The molecular weight excluding hydrogens is 787 g/mol. The number of hydrogen-bond acceptors (Lipinski definition) is 4. The van der Waals surface area contributed by atoms with Crippen LogP contribution in [0.4, 0.5) is 17.1 Å². The summed E-state index contributed by atoms with van der Waals surface area (Å²) < 4.78 is 11.1. The van der Waals surface area contributed by atoms with Crippen molar-refractivity contribution in [2.45, 2.75) is 19.3 Å². The number of hydrogen-bond donors (Lipinski definition) is 0. The van der Waals surface area contributed by atoms with E-state index in [1.807, 2.05) is 11.3 Å². The summed E-state index contributed by atoms with van der Waals surface area (Å²) in [5, 5.41) is 7.26. The minimum Gasteiger partial charge on any atom is -0.443 e. The highest BCUT2D eigenvalue weighted by Crippen LogP contribution is 2.52. The number of nitrogens with zero attached hydrogens (tertiary/aromatic N) is 3. The number of aromatic nitrogens is 2. The Hall–Kier alpha value is -7.73. The molecule has 13 aromatic rings. The summed E-state index contributed by atoms with van der Waals surface area (Å²) in [6, 6.07) is 67.2. The molecule has 0 fully saturated rings. The third kappa shape index (κ3) is 4.77. The predicted molar refractivity (Wildman–Crippen MR) is 265 cm³/mol. The molecule has 0 radical (unpaired) electrons. The molecule has 4 heterocycles. The second-order valence-electron chi connectivity index (χ2n) is 17.5. The Labute approximate surface area is 366 Å². The maximum atomic E-state index is 6.06. The van der Waals surface area contributed by atoms with Crippen molar-refractivity contribution in [3.63, 3.8) is 0 Å². The molecule has 0 unspecified atom stereocenters. The zero-order valence-electron chi connectivity index (χ0n) is 34.6. The molecule has 0 atom stereocenters. The summed E-state index contributed by atoms with van der Waals surface area (Å²) in [6.45, 7) is 4.72. The lowest BCUT2D eigenvalue weighted by molar-refractivity contribution is 0.605. The molecule has 0 bridgehead atoms. The van der Waals surface area contributed by atoms with Crippen LogP contribution in [0.5, 0.6) is 0 Å². The third-order valence-corrected chi connectivity index (χ3v) is 15.2. The quantitative estimate of drug-likeness (QED) is 0.173. The van der Waals surface area contributed by atoms with E-state index in [0.717, 1.165) is 33.5 Å². The molecule has 5 heteroatoms. The number of benzene rings is 9. The van der Waals surface area contributed by atoms with Crippen molar-refractivity contribution in [3.8, 4) is 33.4 Å². The molecule has 0 aliphatic heterocycles. The van der Waals surface area contributed by atoms with Crippen molar-refractivity contribution in [1.82, 2.24) is 9.38 Å². The van der Waals surface area contributed by atoms with Gasteiger partial charge in [-0.05, 0) is 99.1 Å². The number of fused-ring (bicyclic) bond motifs is 14. The topological polar surface area (TPSA) is 33.7 Å². The molecule has 0 N–H and O–H groups in total. The monoisotopic (exact) mass is 823 g/mol. The Morgan fingerprint density at radius 2 is 1.11 bits per heavy atom. The van der Waals surface area contributed by atoms with E-state index < -0.39 is 0 Å². The molecule has 296 valence electrons. The van der Waals surface area contributed by atoms with Crippen LogP contribution in [0.25, 0.3) is 103 Å². The standard InChI is InChI=1S/C58H37N3OS/c1-58(2)48-20-8-6-14-41(48)42-28-26-38(31-49(42)58)60(37-27-29-52-46(30-37)47-32-50-55(62-33-59-50)53-45-15-7-9-21-51(45)61(52)54(47)53)36-24-22-35(23-25-36)40-17-11-19-44-43-18-10-16-39(56(43)63-57(40)44)34-12-4-3-5-13-34/h3-33H,1-2H3. The molecule has 4 aromatic heterocycles. The van der Waals surface area contributed by atoms with Gasteiger partial charge in [0, 0.05) is 58.8 Å². The van der Waals surface area contributed by atoms with E-state index in [1.165, 1.54) is 97.4 Å². The molecule has 9 aromatic carbocycles. The van der Waals surface area contributed by atoms with E-state index in [9.17, 15) is 0 Å². The fourth-order valence-electron chi connectivity index (χ4n) is 11.0. The number of thiophene rings is 1. The van der Waals surface area contributed by atoms with Crippen LogP contribution in [-0.2, 0) is 5.41 Å². The summed E-state index contributed by atoms with van der Waals surface area (Å²) in [5.74, 6) is 0. The SMILES string of the molecule is CC1(C)c2ccccc2-c2ccc(N(c3ccc(-c4cccc5c4sc4c(-c6ccccc6)cccc45)cc3)c3ccc4c(c3)c3cc5ncoc5c5c6ccccc6n4c35)cc21. The summed E-state index contributed by atoms with van der Waals surface area (Å²) in [7, 11) is 0. The minimum absolute atomic E-state index is 0.137. The summed E-state index contributed by atoms with van der Waals surface area (Å²) in [5.41, 5.74) is 18.7. The van der Waals surface area contributed by atoms with Crippen molar-refractivity contribution in [2.75, 3.05) is 4.90 Å². The maximum absolute atomic E-state index is 6.06. The molecule has 0 saturated heterocycles. The Balaban J connectivity index is 0.961. The number of anilines is 3. The molecule has 14 rings (SSSR count). The average Bonchev–Trinajstić information content (AvgIpc) is 4.15. The molecule has 4 nitrogen and oxygen atoms in total. The van der Waals surface area contributed by atoms with Crippen LogP contribution < -0.4 is 4.90 Å². The highest BCUT2D eigenvalue weighted by molar-refractivity contribution is 7.26. The Bertz CT molecular complexity index is 4000. The van der Waals surface area contributed by atoms with Gasteiger partial charge in [0.05, 0.1) is 21.9 Å².